The van der Waals surface area contributed by atoms with Crippen LogP contribution < -0.4 is 14.8 Å². The van der Waals surface area contributed by atoms with Crippen LogP contribution in [0.15, 0.2) is 36.5 Å². The lowest BCUT2D eigenvalue weighted by Crippen LogP contribution is -2.47. The summed E-state index contributed by atoms with van der Waals surface area (Å²) in [5, 5.41) is 3.40. The summed E-state index contributed by atoms with van der Waals surface area (Å²) in [7, 11) is 0. The Morgan fingerprint density at radius 1 is 1.31 bits per heavy atom. The van der Waals surface area contributed by atoms with E-state index in [1.807, 2.05) is 6.92 Å². The number of carbonyl (C=O) groups is 1. The molecule has 0 saturated carbocycles. The summed E-state index contributed by atoms with van der Waals surface area (Å²) in [6.45, 7) is 1.99. The molecule has 1 heterocycles. The minimum atomic E-state index is -0.628. The molecule has 0 fully saturated rings. The van der Waals surface area contributed by atoms with Crippen LogP contribution in [-0.4, -0.2) is 29.6 Å². The average Bonchev–Trinajstić information content (AvgIpc) is 2.68. The van der Waals surface area contributed by atoms with Crippen molar-refractivity contribution in [3.05, 3.63) is 52.4 Å². The Morgan fingerprint density at radius 2 is 2.10 bits per heavy atom. The summed E-state index contributed by atoms with van der Waals surface area (Å²) in [6, 6.07) is 7.35. The molecule has 2 aromatic rings. The molecule has 1 unspecified atom stereocenters. The molecular formula is C21H21Cl2FN2O3. The lowest BCUT2D eigenvalue weighted by molar-refractivity contribution is -0.125. The number of aromatic nitrogens is 1. The summed E-state index contributed by atoms with van der Waals surface area (Å²) >= 11 is 11.4. The lowest BCUT2D eigenvalue weighted by Gasteiger charge is -2.29. The van der Waals surface area contributed by atoms with Crippen LogP contribution in [0.25, 0.3) is 0 Å². The van der Waals surface area contributed by atoms with Crippen LogP contribution in [0.2, 0.25) is 10.0 Å². The predicted octanol–water partition coefficient (Wildman–Crippen LogP) is 4.66. The molecule has 154 valence electrons. The van der Waals surface area contributed by atoms with E-state index in [0.29, 0.717) is 36.8 Å². The van der Waals surface area contributed by atoms with Crippen molar-refractivity contribution in [3.63, 3.8) is 0 Å². The molecule has 0 saturated heterocycles. The highest BCUT2D eigenvalue weighted by Crippen LogP contribution is 2.21. The van der Waals surface area contributed by atoms with Crippen molar-refractivity contribution in [2.75, 3.05) is 13.2 Å². The number of pyridine rings is 1. The van der Waals surface area contributed by atoms with E-state index in [9.17, 15) is 9.18 Å². The fourth-order valence-electron chi connectivity index (χ4n) is 2.60. The minimum Gasteiger partial charge on any atom is -0.484 e. The molecule has 0 aliphatic carbocycles. The number of terminal acetylenes is 1. The van der Waals surface area contributed by atoms with Crippen LogP contribution in [0.3, 0.4) is 0 Å². The van der Waals surface area contributed by atoms with Gasteiger partial charge in [0, 0.05) is 30.3 Å². The second kappa shape index (κ2) is 10.9. The summed E-state index contributed by atoms with van der Waals surface area (Å²) in [5.41, 5.74) is -0.628. The van der Waals surface area contributed by atoms with Gasteiger partial charge in [-0.1, -0.05) is 23.2 Å². The molecule has 0 bridgehead atoms. The van der Waals surface area contributed by atoms with E-state index in [-0.39, 0.29) is 23.3 Å². The molecule has 5 nitrogen and oxygen atoms in total. The first kappa shape index (κ1) is 22.8. The molecule has 1 aromatic heterocycles. The minimum absolute atomic E-state index is 0.0144. The molecular weight excluding hydrogens is 418 g/mol. The predicted molar refractivity (Wildman–Crippen MR) is 111 cm³/mol. The Kier molecular flexibility index (Phi) is 8.56. The molecule has 0 aliphatic rings. The van der Waals surface area contributed by atoms with Gasteiger partial charge >= 0.3 is 0 Å². The van der Waals surface area contributed by atoms with Gasteiger partial charge in [0.1, 0.15) is 11.6 Å². The zero-order valence-corrected chi connectivity index (χ0v) is 17.4. The van der Waals surface area contributed by atoms with Gasteiger partial charge in [0.25, 0.3) is 5.91 Å². The number of hydrogen-bond donors (Lipinski definition) is 1. The number of rotatable bonds is 10. The highest BCUT2D eigenvalue weighted by atomic mass is 35.5. The summed E-state index contributed by atoms with van der Waals surface area (Å²) in [6.07, 6.45) is 8.54. The van der Waals surface area contributed by atoms with Gasteiger partial charge in [0.15, 0.2) is 6.61 Å². The normalized spacial score (nSPS) is 12.5. The molecule has 0 aliphatic heterocycles. The van der Waals surface area contributed by atoms with Crippen molar-refractivity contribution >= 4 is 29.1 Å². The molecule has 1 atom stereocenters. The first-order valence-electron chi connectivity index (χ1n) is 8.88. The number of benzene rings is 1. The Labute approximate surface area is 179 Å². The average molecular weight is 439 g/mol. The van der Waals surface area contributed by atoms with Crippen LogP contribution >= 0.6 is 23.2 Å². The third-order valence-corrected chi connectivity index (χ3v) is 4.55. The van der Waals surface area contributed by atoms with Crippen molar-refractivity contribution in [2.24, 2.45) is 0 Å². The van der Waals surface area contributed by atoms with Crippen LogP contribution in [0, 0.1) is 18.2 Å². The van der Waals surface area contributed by atoms with E-state index in [2.05, 4.69) is 16.2 Å². The number of carbonyl (C=O) groups excluding carboxylic acids is 1. The maximum atomic E-state index is 13.4. The first-order chi connectivity index (χ1) is 13.8. The maximum absolute atomic E-state index is 13.4. The maximum Gasteiger partial charge on any atom is 0.258 e. The number of halogens is 3. The zero-order chi connectivity index (χ0) is 21.3. The summed E-state index contributed by atoms with van der Waals surface area (Å²) < 4.78 is 24.3. The van der Waals surface area contributed by atoms with E-state index in [1.165, 1.54) is 18.3 Å². The van der Waals surface area contributed by atoms with Gasteiger partial charge in [0.05, 0.1) is 16.7 Å². The van der Waals surface area contributed by atoms with Gasteiger partial charge in [0.2, 0.25) is 5.88 Å². The Morgan fingerprint density at radius 3 is 2.76 bits per heavy atom. The summed E-state index contributed by atoms with van der Waals surface area (Å²) in [4.78, 5) is 16.3. The van der Waals surface area contributed by atoms with E-state index in [0.717, 1.165) is 6.07 Å². The second-order valence-corrected chi connectivity index (χ2v) is 7.46. The second-order valence-electron chi connectivity index (χ2n) is 6.62. The molecule has 0 spiro atoms. The van der Waals surface area contributed by atoms with Crippen molar-refractivity contribution in [1.29, 1.82) is 0 Å². The Hall–Kier alpha value is -2.49. The van der Waals surface area contributed by atoms with Gasteiger partial charge in [-0.05, 0) is 38.0 Å². The summed E-state index contributed by atoms with van der Waals surface area (Å²) in [5.74, 6) is 2.29. The fourth-order valence-corrected chi connectivity index (χ4v) is 2.82. The Bertz CT molecular complexity index is 871. The molecule has 0 radical (unpaired) electrons. The number of hydrogen-bond acceptors (Lipinski definition) is 4. The quantitative estimate of drug-likeness (QED) is 0.432. The molecule has 8 heteroatoms. The zero-order valence-electron chi connectivity index (χ0n) is 15.9. The standard InChI is InChI=1S/C21H21Cl2FN2O3/c1-3-9-21(2,10-4-11-28-20-8-5-15(22)13-25-20)26-19(27)14-29-16-6-7-17(23)18(24)12-16/h1,5-8,12-13H,4,9-11,14H2,2H3,(H,26,27). The third kappa shape index (κ3) is 7.80. The van der Waals surface area contributed by atoms with Crippen LogP contribution in [0.1, 0.15) is 26.2 Å². The smallest absolute Gasteiger partial charge is 0.258 e. The highest BCUT2D eigenvalue weighted by molar-refractivity contribution is 6.30. The number of ether oxygens (including phenoxy) is 2. The van der Waals surface area contributed by atoms with Crippen molar-refractivity contribution in [3.8, 4) is 24.0 Å². The molecule has 1 aromatic carbocycles. The largest absolute Gasteiger partial charge is 0.484 e. The van der Waals surface area contributed by atoms with Gasteiger partial charge in [-0.2, -0.15) is 0 Å². The number of nitrogens with zero attached hydrogens (tertiary/aromatic N) is 1. The first-order valence-corrected chi connectivity index (χ1v) is 9.63. The topological polar surface area (TPSA) is 60.5 Å². The number of nitrogens with one attached hydrogen (secondary N) is 1. The lowest BCUT2D eigenvalue weighted by atomic mass is 9.92. The molecule has 1 N–H and O–H groups in total. The van der Waals surface area contributed by atoms with Crippen LogP contribution in [0.5, 0.6) is 11.6 Å². The SMILES string of the molecule is C#CCC(C)(CCCOc1ccc(Cl)cn1)NC(=O)COc1ccc(Cl)c(F)c1. The Balaban J connectivity index is 1.81. The van der Waals surface area contributed by atoms with E-state index >= 15 is 0 Å². The van der Waals surface area contributed by atoms with Gasteiger partial charge in [-0.25, -0.2) is 9.37 Å². The van der Waals surface area contributed by atoms with Crippen LogP contribution in [0.4, 0.5) is 4.39 Å². The third-order valence-electron chi connectivity index (χ3n) is 4.02. The van der Waals surface area contributed by atoms with E-state index in [1.54, 1.807) is 12.1 Å². The molecule has 1 amide bonds. The van der Waals surface area contributed by atoms with Gasteiger partial charge in [-0.3, -0.25) is 4.79 Å². The van der Waals surface area contributed by atoms with Crippen molar-refractivity contribution in [2.45, 2.75) is 31.7 Å². The monoisotopic (exact) mass is 438 g/mol. The van der Waals surface area contributed by atoms with Gasteiger partial charge < -0.3 is 14.8 Å². The number of amides is 1. The fraction of sp³-hybridized carbons (Fsp3) is 0.333. The van der Waals surface area contributed by atoms with E-state index in [4.69, 9.17) is 39.1 Å². The van der Waals surface area contributed by atoms with Crippen molar-refractivity contribution < 1.29 is 18.7 Å². The van der Waals surface area contributed by atoms with Crippen LogP contribution in [-0.2, 0) is 4.79 Å². The van der Waals surface area contributed by atoms with E-state index < -0.39 is 11.4 Å². The highest BCUT2D eigenvalue weighted by Gasteiger charge is 2.25. The van der Waals surface area contributed by atoms with Crippen molar-refractivity contribution in [1.82, 2.24) is 10.3 Å². The van der Waals surface area contributed by atoms with Gasteiger partial charge in [-0.15, -0.1) is 12.3 Å². The molecule has 29 heavy (non-hydrogen) atoms. The molecule has 2 rings (SSSR count).